The molecule has 6 heteroatoms. The summed E-state index contributed by atoms with van der Waals surface area (Å²) in [5.74, 6) is 1.58. The summed E-state index contributed by atoms with van der Waals surface area (Å²) < 4.78 is 6.90. The van der Waals surface area contributed by atoms with Crippen molar-refractivity contribution in [3.05, 3.63) is 18.1 Å². The zero-order valence-electron chi connectivity index (χ0n) is 9.51. The van der Waals surface area contributed by atoms with Gasteiger partial charge in [-0.3, -0.25) is 10.2 Å². The van der Waals surface area contributed by atoms with Crippen LogP contribution >= 0.6 is 0 Å². The summed E-state index contributed by atoms with van der Waals surface area (Å²) in [6, 6.07) is 0. The Morgan fingerprint density at radius 1 is 1.65 bits per heavy atom. The van der Waals surface area contributed by atoms with E-state index in [-0.39, 0.29) is 18.1 Å². The number of amides is 1. The minimum atomic E-state index is -0.163. The molecule has 1 fully saturated rings. The molecule has 0 radical (unpaired) electrons. The molecule has 1 saturated carbocycles. The predicted octanol–water partition coefficient (Wildman–Crippen LogP) is 0.774. The zero-order chi connectivity index (χ0) is 11.8. The van der Waals surface area contributed by atoms with Crippen LogP contribution in [0.2, 0.25) is 0 Å². The molecule has 1 aromatic heterocycles. The predicted molar refractivity (Wildman–Crippen MR) is 62.8 cm³/mol. The molecule has 0 bridgehead atoms. The molecular formula is C11H14N4O2. The van der Waals surface area contributed by atoms with Crippen LogP contribution in [-0.4, -0.2) is 28.9 Å². The molecule has 1 atom stereocenters. The molecule has 1 aliphatic heterocycles. The second-order valence-corrected chi connectivity index (χ2v) is 4.26. The Morgan fingerprint density at radius 3 is 3.18 bits per heavy atom. The molecule has 2 N–H and O–H groups in total. The quantitative estimate of drug-likeness (QED) is 0.810. The smallest absolute Gasteiger partial charge is 0.228 e. The van der Waals surface area contributed by atoms with Crippen molar-refractivity contribution < 1.29 is 9.53 Å². The van der Waals surface area contributed by atoms with Gasteiger partial charge in [0.15, 0.2) is 17.9 Å². The monoisotopic (exact) mass is 234 g/mol. The lowest BCUT2D eigenvalue weighted by Crippen LogP contribution is -2.30. The van der Waals surface area contributed by atoms with Gasteiger partial charge >= 0.3 is 0 Å². The van der Waals surface area contributed by atoms with Crippen molar-refractivity contribution in [2.75, 3.05) is 17.9 Å². The van der Waals surface area contributed by atoms with E-state index in [4.69, 9.17) is 4.74 Å². The van der Waals surface area contributed by atoms with Gasteiger partial charge in [0, 0.05) is 13.0 Å². The van der Waals surface area contributed by atoms with E-state index in [1.165, 1.54) is 0 Å². The maximum Gasteiger partial charge on any atom is 0.228 e. The molecule has 0 saturated heterocycles. The number of nitrogens with one attached hydrogen (secondary N) is 2. The summed E-state index contributed by atoms with van der Waals surface area (Å²) >= 11 is 0. The SMILES string of the molecule is COC1C=Cc2nc(NC(=O)C3CC3)cn2N1. The van der Waals surface area contributed by atoms with Gasteiger partial charge in [0.25, 0.3) is 0 Å². The Kier molecular flexibility index (Phi) is 2.36. The lowest BCUT2D eigenvalue weighted by molar-refractivity contribution is -0.117. The molecule has 2 aliphatic rings. The summed E-state index contributed by atoms with van der Waals surface area (Å²) in [6.45, 7) is 0. The first kappa shape index (κ1) is 10.3. The van der Waals surface area contributed by atoms with Crippen LogP contribution in [0.1, 0.15) is 18.7 Å². The number of aromatic nitrogens is 2. The first-order valence-corrected chi connectivity index (χ1v) is 5.64. The van der Waals surface area contributed by atoms with Gasteiger partial charge in [-0.15, -0.1) is 0 Å². The van der Waals surface area contributed by atoms with Crippen molar-refractivity contribution >= 4 is 17.8 Å². The van der Waals surface area contributed by atoms with Crippen LogP contribution < -0.4 is 10.7 Å². The fourth-order valence-corrected chi connectivity index (χ4v) is 1.73. The molecule has 1 aromatic rings. The third-order valence-corrected chi connectivity index (χ3v) is 2.87. The van der Waals surface area contributed by atoms with Gasteiger partial charge in [0.2, 0.25) is 5.91 Å². The second kappa shape index (κ2) is 3.89. The number of fused-ring (bicyclic) bond motifs is 1. The summed E-state index contributed by atoms with van der Waals surface area (Å²) in [4.78, 5) is 15.9. The zero-order valence-corrected chi connectivity index (χ0v) is 9.51. The van der Waals surface area contributed by atoms with Crippen molar-refractivity contribution in [1.82, 2.24) is 9.66 Å². The lowest BCUT2D eigenvalue weighted by Gasteiger charge is -2.19. The minimum Gasteiger partial charge on any atom is -0.357 e. The first-order valence-electron chi connectivity index (χ1n) is 5.64. The molecule has 1 aliphatic carbocycles. The average Bonchev–Trinajstić information content (AvgIpc) is 3.10. The van der Waals surface area contributed by atoms with Crippen LogP contribution in [0, 0.1) is 5.92 Å². The van der Waals surface area contributed by atoms with E-state index in [2.05, 4.69) is 15.7 Å². The number of carbonyl (C=O) groups is 1. The number of hydrogen-bond acceptors (Lipinski definition) is 4. The molecule has 1 amide bonds. The largest absolute Gasteiger partial charge is 0.357 e. The van der Waals surface area contributed by atoms with Gasteiger partial charge in [-0.1, -0.05) is 0 Å². The normalized spacial score (nSPS) is 21.8. The number of imidazole rings is 1. The molecule has 0 spiro atoms. The minimum absolute atomic E-state index is 0.0627. The van der Waals surface area contributed by atoms with Crippen LogP contribution in [0.4, 0.5) is 5.82 Å². The molecule has 3 rings (SSSR count). The number of methoxy groups -OCH3 is 1. The maximum atomic E-state index is 11.6. The topological polar surface area (TPSA) is 68.2 Å². The fraction of sp³-hybridized carbons (Fsp3) is 0.455. The Balaban J connectivity index is 1.74. The first-order chi connectivity index (χ1) is 8.26. The third kappa shape index (κ3) is 2.03. The van der Waals surface area contributed by atoms with Crippen molar-refractivity contribution in [1.29, 1.82) is 0 Å². The maximum absolute atomic E-state index is 11.6. The van der Waals surface area contributed by atoms with E-state index < -0.39 is 0 Å². The molecule has 90 valence electrons. The number of anilines is 1. The summed E-state index contributed by atoms with van der Waals surface area (Å²) in [7, 11) is 1.62. The molecule has 17 heavy (non-hydrogen) atoms. The second-order valence-electron chi connectivity index (χ2n) is 4.26. The van der Waals surface area contributed by atoms with Gasteiger partial charge in [0.1, 0.15) is 0 Å². The molecule has 1 unspecified atom stereocenters. The van der Waals surface area contributed by atoms with Crippen LogP contribution in [-0.2, 0) is 9.53 Å². The van der Waals surface area contributed by atoms with Crippen molar-refractivity contribution in [3.8, 4) is 0 Å². The highest BCUT2D eigenvalue weighted by molar-refractivity contribution is 5.93. The summed E-state index contributed by atoms with van der Waals surface area (Å²) in [6.07, 6.45) is 7.30. The van der Waals surface area contributed by atoms with Gasteiger partial charge in [0.05, 0.1) is 6.20 Å². The Labute approximate surface area is 98.6 Å². The molecule has 6 nitrogen and oxygen atoms in total. The van der Waals surface area contributed by atoms with E-state index in [0.29, 0.717) is 5.82 Å². The number of hydrogen-bond donors (Lipinski definition) is 2. The molecule has 0 aromatic carbocycles. The van der Waals surface area contributed by atoms with Crippen LogP contribution in [0.25, 0.3) is 6.08 Å². The van der Waals surface area contributed by atoms with Crippen molar-refractivity contribution in [2.45, 2.75) is 19.1 Å². The van der Waals surface area contributed by atoms with Crippen molar-refractivity contribution in [2.24, 2.45) is 5.92 Å². The fourth-order valence-electron chi connectivity index (χ4n) is 1.73. The summed E-state index contributed by atoms with van der Waals surface area (Å²) in [5, 5.41) is 2.81. The van der Waals surface area contributed by atoms with Crippen molar-refractivity contribution in [3.63, 3.8) is 0 Å². The van der Waals surface area contributed by atoms with Gasteiger partial charge < -0.3 is 10.1 Å². The molecular weight excluding hydrogens is 220 g/mol. The van der Waals surface area contributed by atoms with E-state index in [1.807, 2.05) is 12.2 Å². The number of ether oxygens (including phenoxy) is 1. The number of carbonyl (C=O) groups excluding carboxylic acids is 1. The average molecular weight is 234 g/mol. The van der Waals surface area contributed by atoms with Crippen LogP contribution in [0.15, 0.2) is 12.3 Å². The van der Waals surface area contributed by atoms with E-state index in [0.717, 1.165) is 18.7 Å². The van der Waals surface area contributed by atoms with Gasteiger partial charge in [-0.05, 0) is 25.0 Å². The Bertz CT molecular complexity index is 476. The van der Waals surface area contributed by atoms with E-state index in [9.17, 15) is 4.79 Å². The Hall–Kier alpha value is -1.82. The van der Waals surface area contributed by atoms with Gasteiger partial charge in [-0.25, -0.2) is 9.66 Å². The standard InChI is InChI=1S/C11H14N4O2/c1-17-10-5-4-9-12-8(6-15(9)14-10)13-11(16)7-2-3-7/h4-7,10,14H,2-3H2,1H3,(H,13,16). The van der Waals surface area contributed by atoms with E-state index in [1.54, 1.807) is 18.0 Å². The highest BCUT2D eigenvalue weighted by Gasteiger charge is 2.30. The van der Waals surface area contributed by atoms with E-state index >= 15 is 0 Å². The van der Waals surface area contributed by atoms with Crippen LogP contribution in [0.5, 0.6) is 0 Å². The highest BCUT2D eigenvalue weighted by atomic mass is 16.5. The number of nitrogens with zero attached hydrogens (tertiary/aromatic N) is 2. The number of rotatable bonds is 3. The Morgan fingerprint density at radius 2 is 2.47 bits per heavy atom. The van der Waals surface area contributed by atoms with Crippen LogP contribution in [0.3, 0.4) is 0 Å². The summed E-state index contributed by atoms with van der Waals surface area (Å²) in [5.41, 5.74) is 3.08. The lowest BCUT2D eigenvalue weighted by atomic mass is 10.4. The van der Waals surface area contributed by atoms with Gasteiger partial charge in [-0.2, -0.15) is 0 Å². The molecule has 2 heterocycles. The third-order valence-electron chi connectivity index (χ3n) is 2.87. The highest BCUT2D eigenvalue weighted by Crippen LogP contribution is 2.30.